The molecule has 2 rings (SSSR count). The molecule has 1 unspecified atom stereocenters. The molecule has 0 bridgehead atoms. The third-order valence-electron chi connectivity index (χ3n) is 3.05. The summed E-state index contributed by atoms with van der Waals surface area (Å²) in [6, 6.07) is 8.34. The fraction of sp³-hybridized carbons (Fsp3) is 0.333. The van der Waals surface area contributed by atoms with Crippen molar-refractivity contribution in [1.29, 1.82) is 0 Å². The first kappa shape index (κ1) is 14.6. The number of hydrogen-bond acceptors (Lipinski definition) is 4. The lowest BCUT2D eigenvalue weighted by atomic mass is 10.0. The SMILES string of the molecule is CNC(c1ccc(OC)c(F)c1)c1ccc(COC)o1. The normalized spacial score (nSPS) is 12.4. The van der Waals surface area contributed by atoms with Gasteiger partial charge in [0.05, 0.1) is 13.2 Å². The largest absolute Gasteiger partial charge is 0.494 e. The van der Waals surface area contributed by atoms with Gasteiger partial charge in [-0.15, -0.1) is 0 Å². The highest BCUT2D eigenvalue weighted by Gasteiger charge is 2.18. The van der Waals surface area contributed by atoms with E-state index in [4.69, 9.17) is 13.9 Å². The quantitative estimate of drug-likeness (QED) is 0.883. The Morgan fingerprint density at radius 2 is 2.05 bits per heavy atom. The van der Waals surface area contributed by atoms with Crippen LogP contribution in [0, 0.1) is 5.82 Å². The van der Waals surface area contributed by atoms with Gasteiger partial charge in [0.1, 0.15) is 18.1 Å². The maximum Gasteiger partial charge on any atom is 0.165 e. The summed E-state index contributed by atoms with van der Waals surface area (Å²) in [5.74, 6) is 1.28. The van der Waals surface area contributed by atoms with Crippen LogP contribution in [0.2, 0.25) is 0 Å². The van der Waals surface area contributed by atoms with Crippen molar-refractivity contribution in [3.63, 3.8) is 0 Å². The summed E-state index contributed by atoms with van der Waals surface area (Å²) in [6.07, 6.45) is 0. The highest BCUT2D eigenvalue weighted by atomic mass is 19.1. The molecule has 20 heavy (non-hydrogen) atoms. The molecule has 0 fully saturated rings. The number of benzene rings is 1. The number of nitrogens with one attached hydrogen (secondary N) is 1. The van der Waals surface area contributed by atoms with Crippen LogP contribution in [0.25, 0.3) is 0 Å². The number of ether oxygens (including phenoxy) is 2. The standard InChI is InChI=1S/C15H18FNO3/c1-17-15(14-7-5-11(20-14)9-18-2)10-4-6-13(19-3)12(16)8-10/h4-8,15,17H,9H2,1-3H3. The maximum absolute atomic E-state index is 13.8. The second-order valence-electron chi connectivity index (χ2n) is 4.35. The first-order valence-electron chi connectivity index (χ1n) is 6.27. The van der Waals surface area contributed by atoms with Gasteiger partial charge in [-0.05, 0) is 36.9 Å². The molecule has 4 nitrogen and oxygen atoms in total. The van der Waals surface area contributed by atoms with Gasteiger partial charge in [0, 0.05) is 7.11 Å². The molecule has 0 amide bonds. The molecule has 0 saturated carbocycles. The van der Waals surface area contributed by atoms with E-state index < -0.39 is 5.82 Å². The zero-order valence-corrected chi connectivity index (χ0v) is 11.8. The Balaban J connectivity index is 2.28. The molecule has 0 aliphatic heterocycles. The van der Waals surface area contributed by atoms with Crippen molar-refractivity contribution in [1.82, 2.24) is 5.32 Å². The Morgan fingerprint density at radius 3 is 2.65 bits per heavy atom. The van der Waals surface area contributed by atoms with Gasteiger partial charge in [-0.25, -0.2) is 4.39 Å². The summed E-state index contributed by atoms with van der Waals surface area (Å²) in [6.45, 7) is 0.410. The maximum atomic E-state index is 13.8. The van der Waals surface area contributed by atoms with E-state index in [2.05, 4.69) is 5.32 Å². The molecular formula is C15H18FNO3. The number of hydrogen-bond donors (Lipinski definition) is 1. The van der Waals surface area contributed by atoms with Crippen molar-refractivity contribution in [2.24, 2.45) is 0 Å². The Morgan fingerprint density at radius 1 is 1.25 bits per heavy atom. The lowest BCUT2D eigenvalue weighted by Crippen LogP contribution is -2.17. The summed E-state index contributed by atoms with van der Waals surface area (Å²) in [7, 11) is 4.85. The van der Waals surface area contributed by atoms with Crippen LogP contribution in [-0.2, 0) is 11.3 Å². The number of methoxy groups -OCH3 is 2. The van der Waals surface area contributed by atoms with Gasteiger partial charge in [-0.3, -0.25) is 0 Å². The average molecular weight is 279 g/mol. The van der Waals surface area contributed by atoms with Crippen molar-refractivity contribution in [3.05, 3.63) is 53.2 Å². The summed E-state index contributed by atoms with van der Waals surface area (Å²) < 4.78 is 29.4. The minimum atomic E-state index is -0.395. The summed E-state index contributed by atoms with van der Waals surface area (Å²) in [5.41, 5.74) is 0.768. The zero-order chi connectivity index (χ0) is 14.5. The van der Waals surface area contributed by atoms with Gasteiger partial charge in [0.2, 0.25) is 0 Å². The summed E-state index contributed by atoms with van der Waals surface area (Å²) in [4.78, 5) is 0. The van der Waals surface area contributed by atoms with E-state index in [0.29, 0.717) is 12.4 Å². The molecule has 1 N–H and O–H groups in total. The molecule has 108 valence electrons. The lowest BCUT2D eigenvalue weighted by Gasteiger charge is -2.15. The zero-order valence-electron chi connectivity index (χ0n) is 11.8. The second kappa shape index (κ2) is 6.54. The molecule has 0 aliphatic carbocycles. The fourth-order valence-electron chi connectivity index (χ4n) is 2.10. The topological polar surface area (TPSA) is 43.6 Å². The van der Waals surface area contributed by atoms with Gasteiger partial charge >= 0.3 is 0 Å². The monoisotopic (exact) mass is 279 g/mol. The predicted octanol–water partition coefficient (Wildman–Crippen LogP) is 2.88. The van der Waals surface area contributed by atoms with E-state index in [1.54, 1.807) is 20.2 Å². The lowest BCUT2D eigenvalue weighted by molar-refractivity contribution is 0.162. The minimum absolute atomic E-state index is 0.221. The predicted molar refractivity (Wildman–Crippen MR) is 73.3 cm³/mol. The van der Waals surface area contributed by atoms with Gasteiger partial charge in [0.25, 0.3) is 0 Å². The fourth-order valence-corrected chi connectivity index (χ4v) is 2.10. The summed E-state index contributed by atoms with van der Waals surface area (Å²) in [5, 5.41) is 3.11. The first-order chi connectivity index (χ1) is 9.69. The molecule has 2 aromatic rings. The van der Waals surface area contributed by atoms with Crippen molar-refractivity contribution in [2.75, 3.05) is 21.3 Å². The van der Waals surface area contributed by atoms with E-state index in [1.807, 2.05) is 18.2 Å². The van der Waals surface area contributed by atoms with Crippen LogP contribution in [0.15, 0.2) is 34.7 Å². The van der Waals surface area contributed by atoms with Crippen molar-refractivity contribution in [2.45, 2.75) is 12.6 Å². The molecule has 1 aromatic carbocycles. The van der Waals surface area contributed by atoms with E-state index in [-0.39, 0.29) is 11.8 Å². The average Bonchev–Trinajstić information content (AvgIpc) is 2.89. The van der Waals surface area contributed by atoms with Crippen molar-refractivity contribution < 1.29 is 18.3 Å². The van der Waals surface area contributed by atoms with Gasteiger partial charge < -0.3 is 19.2 Å². The number of halogens is 1. The molecule has 1 atom stereocenters. The summed E-state index contributed by atoms with van der Waals surface area (Å²) >= 11 is 0. The number of furan rings is 1. The second-order valence-corrected chi connectivity index (χ2v) is 4.35. The molecule has 1 heterocycles. The highest BCUT2D eigenvalue weighted by Crippen LogP contribution is 2.27. The third-order valence-corrected chi connectivity index (χ3v) is 3.05. The molecule has 0 saturated heterocycles. The Kier molecular flexibility index (Phi) is 4.76. The molecule has 0 radical (unpaired) electrons. The van der Waals surface area contributed by atoms with Crippen LogP contribution in [-0.4, -0.2) is 21.3 Å². The van der Waals surface area contributed by atoms with Crippen LogP contribution >= 0.6 is 0 Å². The van der Waals surface area contributed by atoms with Gasteiger partial charge in [0.15, 0.2) is 11.6 Å². The third kappa shape index (κ3) is 3.00. The highest BCUT2D eigenvalue weighted by molar-refractivity contribution is 5.34. The van der Waals surface area contributed by atoms with Crippen LogP contribution in [0.1, 0.15) is 23.1 Å². The van der Waals surface area contributed by atoms with E-state index in [9.17, 15) is 4.39 Å². The van der Waals surface area contributed by atoms with Crippen LogP contribution in [0.5, 0.6) is 5.75 Å². The minimum Gasteiger partial charge on any atom is -0.494 e. The molecular weight excluding hydrogens is 261 g/mol. The Labute approximate surface area is 117 Å². The van der Waals surface area contributed by atoms with Gasteiger partial charge in [-0.2, -0.15) is 0 Å². The first-order valence-corrected chi connectivity index (χ1v) is 6.27. The smallest absolute Gasteiger partial charge is 0.165 e. The molecule has 0 aliphatic rings. The van der Waals surface area contributed by atoms with Crippen LogP contribution in [0.4, 0.5) is 4.39 Å². The van der Waals surface area contributed by atoms with Crippen LogP contribution in [0.3, 0.4) is 0 Å². The van der Waals surface area contributed by atoms with Gasteiger partial charge in [-0.1, -0.05) is 6.07 Å². The van der Waals surface area contributed by atoms with E-state index >= 15 is 0 Å². The van der Waals surface area contributed by atoms with E-state index in [1.165, 1.54) is 13.2 Å². The van der Waals surface area contributed by atoms with Crippen molar-refractivity contribution >= 4 is 0 Å². The van der Waals surface area contributed by atoms with Crippen LogP contribution < -0.4 is 10.1 Å². The van der Waals surface area contributed by atoms with E-state index in [0.717, 1.165) is 11.3 Å². The Bertz CT molecular complexity index is 568. The molecule has 0 spiro atoms. The molecule has 1 aromatic heterocycles. The van der Waals surface area contributed by atoms with Crippen molar-refractivity contribution in [3.8, 4) is 5.75 Å². The Hall–Kier alpha value is -1.85. The number of rotatable bonds is 6. The molecule has 5 heteroatoms.